The largest absolute Gasteiger partial charge is 0.494 e. The molecule has 2 aliphatic heterocycles. The highest BCUT2D eigenvalue weighted by Crippen LogP contribution is 2.43. The van der Waals surface area contributed by atoms with Crippen LogP contribution in [0.1, 0.15) is 127 Å². The van der Waals surface area contributed by atoms with Gasteiger partial charge < -0.3 is 28.4 Å². The second-order valence-corrected chi connectivity index (χ2v) is 25.3. The molecule has 24 heteroatoms. The van der Waals surface area contributed by atoms with Gasteiger partial charge in [-0.05, 0) is 78.6 Å². The number of sulfone groups is 2. The van der Waals surface area contributed by atoms with Crippen molar-refractivity contribution in [3.63, 3.8) is 0 Å². The number of rotatable bonds is 18. The number of nitrogens with zero attached hydrogens (tertiary/aromatic N) is 10. The van der Waals surface area contributed by atoms with Crippen molar-refractivity contribution in [3.8, 4) is 34.4 Å². The van der Waals surface area contributed by atoms with E-state index in [1.165, 1.54) is 24.8 Å². The minimum Gasteiger partial charge on any atom is -0.494 e. The van der Waals surface area contributed by atoms with Gasteiger partial charge in [-0.3, -0.25) is 9.13 Å². The van der Waals surface area contributed by atoms with Gasteiger partial charge in [0.25, 0.3) is 0 Å². The first kappa shape index (κ1) is 56.2. The molecule has 0 N–H and O–H groups in total. The molecule has 6 heterocycles. The van der Waals surface area contributed by atoms with E-state index >= 15 is 0 Å². The van der Waals surface area contributed by atoms with Gasteiger partial charge in [-0.2, -0.15) is 0 Å². The molecule has 0 amide bonds. The van der Waals surface area contributed by atoms with E-state index < -0.39 is 42.0 Å². The summed E-state index contributed by atoms with van der Waals surface area (Å²) in [5, 5.41) is 16.8. The zero-order valence-corrected chi connectivity index (χ0v) is 46.8. The molecule has 20 nitrogen and oxygen atoms in total. The van der Waals surface area contributed by atoms with Crippen molar-refractivity contribution in [2.75, 3.05) is 41.7 Å². The Morgan fingerprint density at radius 3 is 1.15 bits per heavy atom. The molecule has 4 aromatic heterocycles. The second-order valence-electron chi connectivity index (χ2n) is 19.7. The Labute approximate surface area is 442 Å². The fourth-order valence-corrected chi connectivity index (χ4v) is 12.5. The Kier molecular flexibility index (Phi) is 17.3. The first-order valence-corrected chi connectivity index (χ1v) is 28.1. The fraction of sp³-hybridized carbons (Fsp3) is 0.520. The Morgan fingerprint density at radius 1 is 0.568 bits per heavy atom. The summed E-state index contributed by atoms with van der Waals surface area (Å²) in [6.45, 7) is 15.8. The smallest absolute Gasteiger partial charge is 0.160 e. The Bertz CT molecular complexity index is 2890. The third kappa shape index (κ3) is 12.3. The molecule has 0 saturated carbocycles. The minimum absolute atomic E-state index is 0.0904. The van der Waals surface area contributed by atoms with E-state index in [1.807, 2.05) is 27.7 Å². The lowest BCUT2D eigenvalue weighted by atomic mass is 9.97. The predicted molar refractivity (Wildman–Crippen MR) is 279 cm³/mol. The number of hydrogen-bond donors (Lipinski definition) is 0. The average Bonchev–Trinajstić information content (AvgIpc) is 4.17. The molecule has 0 radical (unpaired) electrons. The predicted octanol–water partition coefficient (Wildman–Crippen LogP) is 8.23. The quantitative estimate of drug-likeness (QED) is 0.0787. The van der Waals surface area contributed by atoms with E-state index in [-0.39, 0.29) is 46.2 Å². The maximum Gasteiger partial charge on any atom is 0.160 e. The Morgan fingerprint density at radius 2 is 0.878 bits per heavy atom. The van der Waals surface area contributed by atoms with Crippen molar-refractivity contribution in [1.82, 2.24) is 49.5 Å². The van der Waals surface area contributed by atoms with Gasteiger partial charge in [-0.1, -0.05) is 49.2 Å². The molecule has 6 atom stereocenters. The molecule has 2 aromatic carbocycles. The number of aromatic nitrogens is 10. The molecule has 8 rings (SSSR count). The fourth-order valence-electron chi connectivity index (χ4n) is 9.15. The molecule has 0 bridgehead atoms. The van der Waals surface area contributed by atoms with Crippen LogP contribution in [0.4, 0.5) is 0 Å². The van der Waals surface area contributed by atoms with Gasteiger partial charge in [0.05, 0.1) is 73.4 Å². The third-order valence-corrected chi connectivity index (χ3v) is 18.4. The normalized spacial score (nSPS) is 18.9. The number of para-hydroxylation sites is 2. The van der Waals surface area contributed by atoms with Crippen LogP contribution in [0, 0.1) is 0 Å². The van der Waals surface area contributed by atoms with Crippen molar-refractivity contribution in [2.24, 2.45) is 0 Å². The minimum atomic E-state index is -3.72. The van der Waals surface area contributed by atoms with E-state index in [0.717, 1.165) is 0 Å². The monoisotopic (exact) mass is 1100 g/mol. The van der Waals surface area contributed by atoms with Crippen molar-refractivity contribution >= 4 is 42.9 Å². The molecule has 0 spiro atoms. The van der Waals surface area contributed by atoms with Crippen LogP contribution in [0.2, 0.25) is 10.0 Å². The highest BCUT2D eigenvalue weighted by molar-refractivity contribution is 7.91. The molecule has 6 aromatic rings. The summed E-state index contributed by atoms with van der Waals surface area (Å²) < 4.78 is 92.6. The first-order valence-electron chi connectivity index (χ1n) is 23.9. The van der Waals surface area contributed by atoms with E-state index in [9.17, 15) is 16.8 Å². The molecule has 2 aliphatic rings. The summed E-state index contributed by atoms with van der Waals surface area (Å²) in [5.41, 5.74) is 0.426. The standard InChI is InChI=1S/2C25H32ClN5O5S/c2*1-15(23-27-11-18(26)12-28-23)16(2)37(32,33)14-21-29-30-24(17-10-25(3,4)36-13-17)31(21)22-19(34-5)8-7-9-20(22)35-6/h2*7-9,11-12,15-17H,10,13-14H2,1-6H3/t15-,16-,17+;15-,16-,17-/m00/s1. The number of halogens is 2. The van der Waals surface area contributed by atoms with Crippen molar-refractivity contribution < 1.29 is 45.3 Å². The SMILES string of the molecule is COc1cccc(OC)c1-n1c(CS(=O)(=O)[C@@H](C)[C@H](C)c2ncc(Cl)cn2)nnc1[C@@H]1COC(C)(C)C1.COc1cccc(OC)c1-n1c(CS(=O)(=O)[C@@H](C)[C@H](C)c2ncc(Cl)cn2)nnc1[C@H]1COC(C)(C)C1. The summed E-state index contributed by atoms with van der Waals surface area (Å²) >= 11 is 11.8. The zero-order chi connectivity index (χ0) is 53.9. The van der Waals surface area contributed by atoms with Crippen LogP contribution in [0.5, 0.6) is 23.0 Å². The molecule has 2 fully saturated rings. The lowest BCUT2D eigenvalue weighted by Gasteiger charge is -2.21. The van der Waals surface area contributed by atoms with Crippen LogP contribution in [-0.4, -0.2) is 130 Å². The second kappa shape index (κ2) is 22.8. The van der Waals surface area contributed by atoms with Crippen LogP contribution in [0.25, 0.3) is 11.4 Å². The van der Waals surface area contributed by atoms with E-state index in [1.54, 1.807) is 102 Å². The molecule has 0 unspecified atom stereocenters. The number of hydrogen-bond acceptors (Lipinski definition) is 18. The highest BCUT2D eigenvalue weighted by atomic mass is 35.5. The van der Waals surface area contributed by atoms with E-state index in [2.05, 4.69) is 40.3 Å². The maximum atomic E-state index is 13.7. The van der Waals surface area contributed by atoms with Gasteiger partial charge in [0.1, 0.15) is 69.2 Å². The summed E-state index contributed by atoms with van der Waals surface area (Å²) in [7, 11) is -1.24. The number of methoxy groups -OCH3 is 4. The van der Waals surface area contributed by atoms with Crippen LogP contribution in [0.15, 0.2) is 61.2 Å². The van der Waals surface area contributed by atoms with Gasteiger partial charge >= 0.3 is 0 Å². The van der Waals surface area contributed by atoms with Crippen molar-refractivity contribution in [2.45, 2.75) is 125 Å². The zero-order valence-electron chi connectivity index (χ0n) is 43.6. The molecule has 400 valence electrons. The maximum absolute atomic E-state index is 13.7. The van der Waals surface area contributed by atoms with Crippen molar-refractivity contribution in [3.05, 3.63) is 106 Å². The van der Waals surface area contributed by atoms with Crippen LogP contribution in [0.3, 0.4) is 0 Å². The highest BCUT2D eigenvalue weighted by Gasteiger charge is 2.41. The van der Waals surface area contributed by atoms with E-state index in [4.69, 9.17) is 51.6 Å². The summed E-state index contributed by atoms with van der Waals surface area (Å²) in [4.78, 5) is 16.9. The average molecular weight is 1100 g/mol. The Hall–Kier alpha value is -5.52. The van der Waals surface area contributed by atoms with Crippen molar-refractivity contribution in [1.29, 1.82) is 0 Å². The summed E-state index contributed by atoms with van der Waals surface area (Å²) in [6, 6.07) is 10.8. The van der Waals surface area contributed by atoms with Gasteiger partial charge in [0.2, 0.25) is 0 Å². The lowest BCUT2D eigenvalue weighted by Crippen LogP contribution is -2.27. The van der Waals surface area contributed by atoms with Crippen LogP contribution >= 0.6 is 23.2 Å². The van der Waals surface area contributed by atoms with Crippen LogP contribution < -0.4 is 18.9 Å². The summed E-state index contributed by atoms with van der Waals surface area (Å²) in [5.74, 6) is 2.74. The molecular formula is C50H64Cl2N10O10S2. The van der Waals surface area contributed by atoms with Gasteiger partial charge in [-0.15, -0.1) is 20.4 Å². The van der Waals surface area contributed by atoms with E-state index in [0.29, 0.717) is 93.8 Å². The number of ether oxygens (including phenoxy) is 6. The Balaban J connectivity index is 0.000000216. The lowest BCUT2D eigenvalue weighted by molar-refractivity contribution is 0.0356. The van der Waals surface area contributed by atoms with Gasteiger partial charge in [0.15, 0.2) is 31.3 Å². The van der Waals surface area contributed by atoms with Crippen LogP contribution in [-0.2, 0) is 40.7 Å². The molecule has 0 aliphatic carbocycles. The molecule has 2 saturated heterocycles. The molecule has 74 heavy (non-hydrogen) atoms. The summed E-state index contributed by atoms with van der Waals surface area (Å²) in [6.07, 6.45) is 7.25. The third-order valence-electron chi connectivity index (χ3n) is 13.6. The van der Waals surface area contributed by atoms with Gasteiger partial charge in [0, 0.05) is 48.5 Å². The first-order chi connectivity index (χ1) is 34.9. The van der Waals surface area contributed by atoms with Gasteiger partial charge in [-0.25, -0.2) is 36.8 Å². The molecular weight excluding hydrogens is 1040 g/mol. The topological polar surface area (TPSA) is 237 Å². The number of benzene rings is 2.